The molecule has 0 aliphatic carbocycles. The van der Waals surface area contributed by atoms with Crippen LogP contribution in [0.5, 0.6) is 0 Å². The van der Waals surface area contributed by atoms with Crippen LogP contribution in [0.1, 0.15) is 102 Å². The van der Waals surface area contributed by atoms with Gasteiger partial charge in [0.15, 0.2) is 0 Å². The first-order valence-corrected chi connectivity index (χ1v) is 13.1. The van der Waals surface area contributed by atoms with Gasteiger partial charge in [0.2, 0.25) is 0 Å². The molecular formula is C30H42N2O4. The first-order valence-electron chi connectivity index (χ1n) is 13.1. The molecule has 2 N–H and O–H groups in total. The lowest BCUT2D eigenvalue weighted by Gasteiger charge is -2.46. The van der Waals surface area contributed by atoms with Gasteiger partial charge in [0.05, 0.1) is 11.1 Å². The maximum absolute atomic E-state index is 13.3. The van der Waals surface area contributed by atoms with Crippen LogP contribution in [0.3, 0.4) is 0 Å². The molecule has 6 nitrogen and oxygen atoms in total. The number of benzene rings is 2. The van der Waals surface area contributed by atoms with Crippen molar-refractivity contribution in [3.8, 4) is 0 Å². The molecule has 0 radical (unpaired) electrons. The highest BCUT2D eigenvalue weighted by Crippen LogP contribution is 2.33. The van der Waals surface area contributed by atoms with Gasteiger partial charge in [0.1, 0.15) is 12.2 Å². The average Bonchev–Trinajstić information content (AvgIpc) is 2.68. The van der Waals surface area contributed by atoms with Crippen LogP contribution < -0.4 is 10.6 Å². The molecule has 2 saturated heterocycles. The van der Waals surface area contributed by atoms with Crippen molar-refractivity contribution < 1.29 is 19.1 Å². The van der Waals surface area contributed by atoms with E-state index >= 15 is 0 Å². The zero-order chi connectivity index (χ0) is 26.5. The zero-order valence-electron chi connectivity index (χ0n) is 23.1. The highest BCUT2D eigenvalue weighted by molar-refractivity contribution is 6.06. The summed E-state index contributed by atoms with van der Waals surface area (Å²) >= 11 is 0. The van der Waals surface area contributed by atoms with Crippen molar-refractivity contribution in [1.82, 2.24) is 10.6 Å². The van der Waals surface area contributed by atoms with Gasteiger partial charge in [-0.25, -0.2) is 9.59 Å². The summed E-state index contributed by atoms with van der Waals surface area (Å²) in [6.07, 6.45) is 2.62. The monoisotopic (exact) mass is 494 g/mol. The lowest BCUT2D eigenvalue weighted by Crippen LogP contribution is -2.59. The van der Waals surface area contributed by atoms with E-state index in [0.29, 0.717) is 16.5 Å². The van der Waals surface area contributed by atoms with Crippen LogP contribution in [-0.4, -0.2) is 46.3 Å². The van der Waals surface area contributed by atoms with Crippen molar-refractivity contribution in [3.05, 3.63) is 47.5 Å². The van der Waals surface area contributed by atoms with Crippen molar-refractivity contribution in [3.63, 3.8) is 0 Å². The minimum atomic E-state index is -0.361. The SMILES string of the molecule is CC1(C)CC(OC(=O)c2ccc3cccc(C(=O)OC4CC(C)(C)NC(C)(C)C4)c3c2)CC(C)(C)N1. The third-order valence-corrected chi connectivity index (χ3v) is 7.19. The molecule has 0 aromatic heterocycles. The van der Waals surface area contributed by atoms with Crippen LogP contribution in [-0.2, 0) is 9.47 Å². The number of rotatable bonds is 4. The van der Waals surface area contributed by atoms with E-state index in [1.54, 1.807) is 18.2 Å². The Kier molecular flexibility index (Phi) is 6.76. The predicted octanol–water partition coefficient (Wildman–Crippen LogP) is 5.77. The molecule has 4 rings (SSSR count). The normalized spacial score (nSPS) is 23.2. The summed E-state index contributed by atoms with van der Waals surface area (Å²) in [5.41, 5.74) is 0.428. The van der Waals surface area contributed by atoms with Crippen LogP contribution >= 0.6 is 0 Å². The fourth-order valence-electron chi connectivity index (χ4n) is 6.64. The number of nitrogens with one attached hydrogen (secondary N) is 2. The molecule has 0 bridgehead atoms. The standard InChI is InChI=1S/C30H42N2O4/c1-27(2)15-21(16-28(3,4)31-27)35-25(33)20-13-12-19-10-9-11-23(24(19)14-20)26(34)36-22-17-29(5,6)32-30(7,8)18-22/h9-14,21-22,31-32H,15-18H2,1-8H3. The number of fused-ring (bicyclic) bond motifs is 1. The summed E-state index contributed by atoms with van der Waals surface area (Å²) < 4.78 is 12.0. The van der Waals surface area contributed by atoms with E-state index < -0.39 is 0 Å². The molecule has 0 spiro atoms. The number of hydrogen-bond acceptors (Lipinski definition) is 6. The van der Waals surface area contributed by atoms with E-state index in [2.05, 4.69) is 66.0 Å². The summed E-state index contributed by atoms with van der Waals surface area (Å²) in [6.45, 7) is 17.1. The van der Waals surface area contributed by atoms with Gasteiger partial charge in [0, 0.05) is 47.8 Å². The maximum Gasteiger partial charge on any atom is 0.339 e. The Bertz CT molecular complexity index is 1130. The topological polar surface area (TPSA) is 76.7 Å². The Morgan fingerprint density at radius 3 is 1.67 bits per heavy atom. The van der Waals surface area contributed by atoms with Crippen LogP contribution in [0.25, 0.3) is 10.8 Å². The van der Waals surface area contributed by atoms with Gasteiger partial charge in [-0.1, -0.05) is 18.2 Å². The number of esters is 2. The minimum absolute atomic E-state index is 0.120. The van der Waals surface area contributed by atoms with E-state index in [0.717, 1.165) is 31.1 Å². The van der Waals surface area contributed by atoms with Gasteiger partial charge in [-0.2, -0.15) is 0 Å². The molecule has 36 heavy (non-hydrogen) atoms. The van der Waals surface area contributed by atoms with Crippen LogP contribution in [0.4, 0.5) is 0 Å². The van der Waals surface area contributed by atoms with Crippen molar-refractivity contribution in [2.75, 3.05) is 0 Å². The van der Waals surface area contributed by atoms with Gasteiger partial charge in [0.25, 0.3) is 0 Å². The third kappa shape index (κ3) is 6.27. The number of hydrogen-bond donors (Lipinski definition) is 2. The quantitative estimate of drug-likeness (QED) is 0.526. The number of piperidine rings is 2. The second kappa shape index (κ2) is 9.14. The lowest BCUT2D eigenvalue weighted by atomic mass is 9.81. The molecule has 6 heteroatoms. The molecular weight excluding hydrogens is 452 g/mol. The molecule has 2 aromatic rings. The molecule has 2 aliphatic heterocycles. The third-order valence-electron chi connectivity index (χ3n) is 7.19. The Hall–Kier alpha value is -2.44. The van der Waals surface area contributed by atoms with Gasteiger partial charge in [-0.3, -0.25) is 0 Å². The summed E-state index contributed by atoms with van der Waals surface area (Å²) in [6, 6.07) is 11.0. The molecule has 2 aromatic carbocycles. The van der Waals surface area contributed by atoms with Gasteiger partial charge in [-0.05, 0) is 84.4 Å². The molecule has 2 aliphatic rings. The summed E-state index contributed by atoms with van der Waals surface area (Å²) in [7, 11) is 0. The molecule has 196 valence electrons. The van der Waals surface area contributed by atoms with Crippen molar-refractivity contribution >= 4 is 22.7 Å². The molecule has 0 unspecified atom stereocenters. The smallest absolute Gasteiger partial charge is 0.339 e. The van der Waals surface area contributed by atoms with Gasteiger partial charge >= 0.3 is 11.9 Å². The number of ether oxygens (including phenoxy) is 2. The van der Waals surface area contributed by atoms with Crippen LogP contribution in [0, 0.1) is 0 Å². The second-order valence-electron chi connectivity index (χ2n) is 13.4. The summed E-state index contributed by atoms with van der Waals surface area (Å²) in [5, 5.41) is 8.83. The van der Waals surface area contributed by atoms with E-state index in [4.69, 9.17) is 9.47 Å². The molecule has 0 amide bonds. The highest BCUT2D eigenvalue weighted by atomic mass is 16.5. The Labute approximate surface area is 215 Å². The Balaban J connectivity index is 1.55. The number of carbonyl (C=O) groups is 2. The first kappa shape index (κ1) is 26.6. The Morgan fingerprint density at radius 2 is 1.17 bits per heavy atom. The van der Waals surface area contributed by atoms with E-state index in [9.17, 15) is 9.59 Å². The van der Waals surface area contributed by atoms with E-state index in [1.807, 2.05) is 18.2 Å². The van der Waals surface area contributed by atoms with Crippen molar-refractivity contribution in [2.45, 2.75) is 115 Å². The van der Waals surface area contributed by atoms with Crippen LogP contribution in [0.2, 0.25) is 0 Å². The fraction of sp³-hybridized carbons (Fsp3) is 0.600. The van der Waals surface area contributed by atoms with E-state index in [-0.39, 0.29) is 46.3 Å². The van der Waals surface area contributed by atoms with Gasteiger partial charge < -0.3 is 20.1 Å². The van der Waals surface area contributed by atoms with Crippen LogP contribution in [0.15, 0.2) is 36.4 Å². The summed E-state index contributed by atoms with van der Waals surface area (Å²) in [4.78, 5) is 26.5. The zero-order valence-corrected chi connectivity index (χ0v) is 23.1. The van der Waals surface area contributed by atoms with E-state index in [1.165, 1.54) is 0 Å². The average molecular weight is 495 g/mol. The molecule has 2 heterocycles. The Morgan fingerprint density at radius 1 is 0.694 bits per heavy atom. The lowest BCUT2D eigenvalue weighted by molar-refractivity contribution is -0.00773. The highest BCUT2D eigenvalue weighted by Gasteiger charge is 2.40. The maximum atomic E-state index is 13.3. The van der Waals surface area contributed by atoms with Gasteiger partial charge in [-0.15, -0.1) is 0 Å². The minimum Gasteiger partial charge on any atom is -0.459 e. The van der Waals surface area contributed by atoms with Crippen molar-refractivity contribution in [1.29, 1.82) is 0 Å². The molecule has 2 fully saturated rings. The molecule has 0 atom stereocenters. The van der Waals surface area contributed by atoms with Crippen molar-refractivity contribution in [2.24, 2.45) is 0 Å². The largest absolute Gasteiger partial charge is 0.459 e. The number of carbonyl (C=O) groups excluding carboxylic acids is 2. The fourth-order valence-corrected chi connectivity index (χ4v) is 6.64. The summed E-state index contributed by atoms with van der Waals surface area (Å²) in [5.74, 6) is -0.716. The molecule has 0 saturated carbocycles. The predicted molar refractivity (Wildman–Crippen MR) is 143 cm³/mol. The second-order valence-corrected chi connectivity index (χ2v) is 13.4. The first-order chi connectivity index (χ1) is 16.5.